The SMILES string of the molecule is Nc1ccnc2c(F)c(F)c(F)cc12. The van der Waals surface area contributed by atoms with Crippen LogP contribution in [0.25, 0.3) is 10.9 Å². The number of nitrogens with two attached hydrogens (primary N) is 1. The molecule has 0 aliphatic carbocycles. The highest BCUT2D eigenvalue weighted by Crippen LogP contribution is 2.24. The summed E-state index contributed by atoms with van der Waals surface area (Å²) in [5.74, 6) is -4.11. The van der Waals surface area contributed by atoms with Crippen molar-refractivity contribution in [1.82, 2.24) is 4.98 Å². The summed E-state index contributed by atoms with van der Waals surface area (Å²) in [6.45, 7) is 0. The van der Waals surface area contributed by atoms with Crippen LogP contribution in [0.15, 0.2) is 18.3 Å². The van der Waals surface area contributed by atoms with Gasteiger partial charge >= 0.3 is 0 Å². The van der Waals surface area contributed by atoms with E-state index in [0.29, 0.717) is 0 Å². The average molecular weight is 198 g/mol. The maximum absolute atomic E-state index is 13.1. The molecule has 1 aromatic heterocycles. The van der Waals surface area contributed by atoms with E-state index < -0.39 is 17.5 Å². The molecular formula is C9H5F3N2. The Kier molecular flexibility index (Phi) is 1.80. The third kappa shape index (κ3) is 1.09. The van der Waals surface area contributed by atoms with E-state index in [9.17, 15) is 13.2 Å². The smallest absolute Gasteiger partial charge is 0.196 e. The molecule has 2 N–H and O–H groups in total. The van der Waals surface area contributed by atoms with Crippen LogP contribution in [0.1, 0.15) is 0 Å². The van der Waals surface area contributed by atoms with Crippen molar-refractivity contribution in [2.24, 2.45) is 0 Å². The summed E-state index contributed by atoms with van der Waals surface area (Å²) in [6.07, 6.45) is 1.23. The molecule has 14 heavy (non-hydrogen) atoms. The Bertz CT molecular complexity index is 511. The largest absolute Gasteiger partial charge is 0.398 e. The molecule has 0 saturated carbocycles. The van der Waals surface area contributed by atoms with E-state index in [1.807, 2.05) is 0 Å². The normalized spacial score (nSPS) is 10.8. The highest BCUT2D eigenvalue weighted by molar-refractivity contribution is 5.90. The van der Waals surface area contributed by atoms with Crippen LogP contribution in [0.2, 0.25) is 0 Å². The molecule has 0 radical (unpaired) electrons. The lowest BCUT2D eigenvalue weighted by atomic mass is 10.1. The Morgan fingerprint density at radius 3 is 2.57 bits per heavy atom. The lowest BCUT2D eigenvalue weighted by molar-refractivity contribution is 0.452. The number of halogens is 3. The zero-order valence-corrected chi connectivity index (χ0v) is 6.89. The van der Waals surface area contributed by atoms with Gasteiger partial charge in [-0.05, 0) is 12.1 Å². The summed E-state index contributed by atoms with van der Waals surface area (Å²) in [5.41, 5.74) is 5.35. The van der Waals surface area contributed by atoms with Gasteiger partial charge in [0.1, 0.15) is 5.52 Å². The minimum atomic E-state index is -1.53. The number of rotatable bonds is 0. The highest BCUT2D eigenvalue weighted by Gasteiger charge is 2.15. The van der Waals surface area contributed by atoms with Crippen molar-refractivity contribution >= 4 is 16.6 Å². The summed E-state index contributed by atoms with van der Waals surface area (Å²) in [5, 5.41) is 0.0731. The van der Waals surface area contributed by atoms with Gasteiger partial charge in [-0.25, -0.2) is 13.2 Å². The quantitative estimate of drug-likeness (QED) is 0.659. The summed E-state index contributed by atoms with van der Waals surface area (Å²) in [4.78, 5) is 3.58. The molecule has 0 unspecified atom stereocenters. The first-order chi connectivity index (χ1) is 6.61. The number of aromatic nitrogens is 1. The van der Waals surface area contributed by atoms with Crippen LogP contribution in [0.4, 0.5) is 18.9 Å². The van der Waals surface area contributed by atoms with Crippen molar-refractivity contribution < 1.29 is 13.2 Å². The van der Waals surface area contributed by atoms with Crippen LogP contribution >= 0.6 is 0 Å². The predicted octanol–water partition coefficient (Wildman–Crippen LogP) is 2.23. The van der Waals surface area contributed by atoms with Crippen LogP contribution in [0, 0.1) is 17.5 Å². The third-order valence-electron chi connectivity index (χ3n) is 1.91. The topological polar surface area (TPSA) is 38.9 Å². The number of fused-ring (bicyclic) bond motifs is 1. The Morgan fingerprint density at radius 1 is 1.14 bits per heavy atom. The van der Waals surface area contributed by atoms with E-state index in [1.54, 1.807) is 0 Å². The Labute approximate surface area is 77.2 Å². The van der Waals surface area contributed by atoms with E-state index >= 15 is 0 Å². The minimum absolute atomic E-state index is 0.0731. The second-order valence-corrected chi connectivity index (χ2v) is 2.78. The number of pyridine rings is 1. The fourth-order valence-corrected chi connectivity index (χ4v) is 1.21. The van der Waals surface area contributed by atoms with Crippen LogP contribution in [-0.4, -0.2) is 4.98 Å². The first-order valence-corrected chi connectivity index (χ1v) is 3.79. The Hall–Kier alpha value is -1.78. The van der Waals surface area contributed by atoms with Crippen molar-refractivity contribution in [1.29, 1.82) is 0 Å². The van der Waals surface area contributed by atoms with Gasteiger partial charge in [-0.15, -0.1) is 0 Å². The van der Waals surface area contributed by atoms with Gasteiger partial charge in [-0.2, -0.15) is 0 Å². The lowest BCUT2D eigenvalue weighted by Gasteiger charge is -2.03. The molecule has 0 bridgehead atoms. The van der Waals surface area contributed by atoms with Crippen molar-refractivity contribution in [2.75, 3.05) is 5.73 Å². The monoisotopic (exact) mass is 198 g/mol. The molecule has 2 rings (SSSR count). The minimum Gasteiger partial charge on any atom is -0.398 e. The van der Waals surface area contributed by atoms with Gasteiger partial charge in [0.25, 0.3) is 0 Å². The summed E-state index contributed by atoms with van der Waals surface area (Å²) in [6, 6.07) is 2.22. The fourth-order valence-electron chi connectivity index (χ4n) is 1.21. The van der Waals surface area contributed by atoms with Crippen molar-refractivity contribution in [3.63, 3.8) is 0 Å². The van der Waals surface area contributed by atoms with E-state index in [-0.39, 0.29) is 16.6 Å². The van der Waals surface area contributed by atoms with Crippen molar-refractivity contribution in [2.45, 2.75) is 0 Å². The fraction of sp³-hybridized carbons (Fsp3) is 0. The Morgan fingerprint density at radius 2 is 1.86 bits per heavy atom. The first-order valence-electron chi connectivity index (χ1n) is 3.79. The molecule has 0 aliphatic rings. The lowest BCUT2D eigenvalue weighted by Crippen LogP contribution is -1.97. The molecule has 5 heteroatoms. The van der Waals surface area contributed by atoms with Crippen LogP contribution in [0.5, 0.6) is 0 Å². The van der Waals surface area contributed by atoms with Crippen molar-refractivity contribution in [3.8, 4) is 0 Å². The van der Waals surface area contributed by atoms with Gasteiger partial charge in [0.15, 0.2) is 17.5 Å². The third-order valence-corrected chi connectivity index (χ3v) is 1.91. The summed E-state index contributed by atoms with van der Waals surface area (Å²) in [7, 11) is 0. The molecule has 0 aliphatic heterocycles. The van der Waals surface area contributed by atoms with Gasteiger partial charge in [-0.1, -0.05) is 0 Å². The number of benzene rings is 1. The standard InChI is InChI=1S/C9H5F3N2/c10-5-3-4-6(13)1-2-14-9(4)8(12)7(5)11/h1-3H,(H2,13,14). The molecule has 0 amide bonds. The summed E-state index contributed by atoms with van der Waals surface area (Å²) >= 11 is 0. The van der Waals surface area contributed by atoms with Crippen molar-refractivity contribution in [3.05, 3.63) is 35.8 Å². The molecule has 2 nitrogen and oxygen atoms in total. The van der Waals surface area contributed by atoms with E-state index in [1.165, 1.54) is 12.3 Å². The van der Waals surface area contributed by atoms with Crippen LogP contribution in [-0.2, 0) is 0 Å². The van der Waals surface area contributed by atoms with Gasteiger partial charge in [0.05, 0.1) is 0 Å². The second-order valence-electron chi connectivity index (χ2n) is 2.78. The number of anilines is 1. The average Bonchev–Trinajstić information content (AvgIpc) is 2.17. The molecule has 0 spiro atoms. The molecule has 0 saturated heterocycles. The van der Waals surface area contributed by atoms with E-state index in [0.717, 1.165) is 6.07 Å². The Balaban J connectivity index is 2.98. The number of hydrogen-bond donors (Lipinski definition) is 1. The number of nitrogen functional groups attached to an aromatic ring is 1. The van der Waals surface area contributed by atoms with Crippen LogP contribution in [0.3, 0.4) is 0 Å². The summed E-state index contributed by atoms with van der Waals surface area (Å²) < 4.78 is 38.7. The van der Waals surface area contributed by atoms with E-state index in [2.05, 4.69) is 4.98 Å². The second kappa shape index (κ2) is 2.87. The zero-order valence-electron chi connectivity index (χ0n) is 6.89. The molecule has 2 aromatic rings. The molecule has 0 atom stereocenters. The zero-order chi connectivity index (χ0) is 10.3. The molecule has 1 aromatic carbocycles. The highest BCUT2D eigenvalue weighted by atomic mass is 19.2. The number of nitrogens with zero attached hydrogens (tertiary/aromatic N) is 1. The maximum atomic E-state index is 13.1. The van der Waals surface area contributed by atoms with Gasteiger partial charge in [-0.3, -0.25) is 4.98 Å². The van der Waals surface area contributed by atoms with Gasteiger partial charge < -0.3 is 5.73 Å². The molecular weight excluding hydrogens is 193 g/mol. The van der Waals surface area contributed by atoms with Gasteiger partial charge in [0, 0.05) is 17.3 Å². The molecule has 72 valence electrons. The predicted molar refractivity (Wildman–Crippen MR) is 46.0 cm³/mol. The van der Waals surface area contributed by atoms with E-state index in [4.69, 9.17) is 5.73 Å². The number of hydrogen-bond acceptors (Lipinski definition) is 2. The first kappa shape index (κ1) is 8.80. The molecule has 0 fully saturated rings. The van der Waals surface area contributed by atoms with Gasteiger partial charge in [0.2, 0.25) is 0 Å². The maximum Gasteiger partial charge on any atom is 0.196 e. The molecule has 1 heterocycles. The van der Waals surface area contributed by atoms with Crippen LogP contribution < -0.4 is 5.73 Å².